The topological polar surface area (TPSA) is 102 Å². The van der Waals surface area contributed by atoms with E-state index in [2.05, 4.69) is 5.10 Å². The minimum Gasteiger partial charge on any atom is -0.478 e. The van der Waals surface area contributed by atoms with Crippen molar-refractivity contribution < 1.29 is 18.3 Å². The number of pyridine rings is 1. The van der Waals surface area contributed by atoms with Crippen molar-refractivity contribution in [3.63, 3.8) is 0 Å². The Morgan fingerprint density at radius 3 is 2.68 bits per heavy atom. The number of aryl methyl sites for hydroxylation is 2. The fraction of sp³-hybridized carbons (Fsp3) is 0.588. The van der Waals surface area contributed by atoms with E-state index in [-0.39, 0.29) is 17.5 Å². The Morgan fingerprint density at radius 1 is 1.24 bits per heavy atom. The van der Waals surface area contributed by atoms with Crippen molar-refractivity contribution in [3.05, 3.63) is 22.5 Å². The second kappa shape index (κ2) is 5.79. The van der Waals surface area contributed by atoms with Gasteiger partial charge in [0, 0.05) is 5.69 Å². The van der Waals surface area contributed by atoms with Crippen LogP contribution < -0.4 is 0 Å². The number of sulfone groups is 1. The molecule has 1 aliphatic heterocycles. The largest absolute Gasteiger partial charge is 0.478 e. The SMILES string of the molecule is Cc1nn(C2CCS(=O)(=O)C2)c2nc3c(c(C(=O)O)c12)CCCCC3. The Kier molecular flexibility index (Phi) is 3.82. The van der Waals surface area contributed by atoms with Crippen LogP contribution in [0.25, 0.3) is 11.0 Å². The maximum atomic E-state index is 12.0. The Balaban J connectivity index is 1.98. The summed E-state index contributed by atoms with van der Waals surface area (Å²) < 4.78 is 25.4. The molecule has 2 aliphatic rings. The molecule has 0 saturated carbocycles. The summed E-state index contributed by atoms with van der Waals surface area (Å²) in [7, 11) is -3.06. The van der Waals surface area contributed by atoms with Gasteiger partial charge in [0.05, 0.1) is 34.2 Å². The number of aromatic carboxylic acids is 1. The monoisotopic (exact) mass is 363 g/mol. The van der Waals surface area contributed by atoms with Crippen molar-refractivity contribution in [1.82, 2.24) is 14.8 Å². The molecule has 134 valence electrons. The maximum absolute atomic E-state index is 12.0. The molecule has 0 aromatic carbocycles. The lowest BCUT2D eigenvalue weighted by molar-refractivity contribution is 0.0697. The summed E-state index contributed by atoms with van der Waals surface area (Å²) in [5, 5.41) is 14.9. The van der Waals surface area contributed by atoms with Gasteiger partial charge in [-0.3, -0.25) is 0 Å². The average Bonchev–Trinajstić information content (AvgIpc) is 2.95. The van der Waals surface area contributed by atoms with Crippen molar-refractivity contribution in [1.29, 1.82) is 0 Å². The van der Waals surface area contributed by atoms with Gasteiger partial charge < -0.3 is 5.11 Å². The number of fused-ring (bicyclic) bond motifs is 2. The first-order chi connectivity index (χ1) is 11.9. The normalized spacial score (nSPS) is 22.7. The van der Waals surface area contributed by atoms with Gasteiger partial charge in [-0.1, -0.05) is 6.42 Å². The zero-order valence-electron chi connectivity index (χ0n) is 14.2. The Hall–Kier alpha value is -1.96. The van der Waals surface area contributed by atoms with E-state index < -0.39 is 15.8 Å². The van der Waals surface area contributed by atoms with Crippen LogP contribution in [0, 0.1) is 6.92 Å². The van der Waals surface area contributed by atoms with Crippen molar-refractivity contribution in [2.75, 3.05) is 11.5 Å². The molecule has 1 fully saturated rings. The van der Waals surface area contributed by atoms with Crippen LogP contribution in [0.5, 0.6) is 0 Å². The summed E-state index contributed by atoms with van der Waals surface area (Å²) in [4.78, 5) is 16.8. The molecule has 0 radical (unpaired) electrons. The second-order valence-electron chi connectivity index (χ2n) is 7.06. The zero-order chi connectivity index (χ0) is 17.8. The fourth-order valence-corrected chi connectivity index (χ4v) is 5.82. The first-order valence-corrected chi connectivity index (χ1v) is 10.5. The number of carboxylic acids is 1. The van der Waals surface area contributed by atoms with Gasteiger partial charge in [-0.15, -0.1) is 0 Å². The highest BCUT2D eigenvalue weighted by Crippen LogP contribution is 2.33. The number of nitrogens with zero attached hydrogens (tertiary/aromatic N) is 3. The zero-order valence-corrected chi connectivity index (χ0v) is 15.0. The molecule has 8 heteroatoms. The molecule has 25 heavy (non-hydrogen) atoms. The van der Waals surface area contributed by atoms with E-state index in [0.717, 1.165) is 43.4 Å². The van der Waals surface area contributed by atoms with Crippen LogP contribution in [-0.4, -0.2) is 45.8 Å². The van der Waals surface area contributed by atoms with Crippen LogP contribution in [0.3, 0.4) is 0 Å². The second-order valence-corrected chi connectivity index (χ2v) is 9.29. The quantitative estimate of drug-likeness (QED) is 0.820. The summed E-state index contributed by atoms with van der Waals surface area (Å²) >= 11 is 0. The van der Waals surface area contributed by atoms with Gasteiger partial charge in [0.15, 0.2) is 15.5 Å². The highest BCUT2D eigenvalue weighted by atomic mass is 32.2. The number of carbonyl (C=O) groups is 1. The van der Waals surface area contributed by atoms with Crippen LogP contribution in [0.15, 0.2) is 0 Å². The molecule has 3 heterocycles. The molecule has 1 atom stereocenters. The summed E-state index contributed by atoms with van der Waals surface area (Å²) in [6, 6.07) is -0.265. The number of hydrogen-bond acceptors (Lipinski definition) is 5. The van der Waals surface area contributed by atoms with Gasteiger partial charge in [0.25, 0.3) is 0 Å². The fourth-order valence-electron chi connectivity index (χ4n) is 4.13. The van der Waals surface area contributed by atoms with Gasteiger partial charge >= 0.3 is 5.97 Å². The summed E-state index contributed by atoms with van der Waals surface area (Å²) in [5.41, 5.74) is 3.11. The molecule has 4 rings (SSSR count). The van der Waals surface area contributed by atoms with Crippen molar-refractivity contribution >= 4 is 26.8 Å². The molecule has 1 unspecified atom stereocenters. The van der Waals surface area contributed by atoms with Crippen molar-refractivity contribution in [3.8, 4) is 0 Å². The number of carboxylic acid groups (broad SMARTS) is 1. The highest BCUT2D eigenvalue weighted by molar-refractivity contribution is 7.91. The minimum atomic E-state index is -3.06. The molecular weight excluding hydrogens is 342 g/mol. The smallest absolute Gasteiger partial charge is 0.336 e. The lowest BCUT2D eigenvalue weighted by Gasteiger charge is -2.13. The Morgan fingerprint density at radius 2 is 2.00 bits per heavy atom. The number of hydrogen-bond donors (Lipinski definition) is 1. The lowest BCUT2D eigenvalue weighted by atomic mass is 9.98. The summed E-state index contributed by atoms with van der Waals surface area (Å²) in [5.74, 6) is -0.758. The van der Waals surface area contributed by atoms with E-state index in [1.807, 2.05) is 0 Å². The standard InChI is InChI=1S/C17H21N3O4S/c1-10-14-15(17(21)22)12-5-3-2-4-6-13(12)18-16(14)20(19-10)11-7-8-25(23,24)9-11/h11H,2-9H2,1H3,(H,21,22). The van der Waals surface area contributed by atoms with E-state index in [4.69, 9.17) is 4.98 Å². The molecule has 1 N–H and O–H groups in total. The van der Waals surface area contributed by atoms with Crippen LogP contribution in [-0.2, 0) is 22.7 Å². The highest BCUT2D eigenvalue weighted by Gasteiger charge is 2.33. The van der Waals surface area contributed by atoms with E-state index in [1.165, 1.54) is 0 Å². The van der Waals surface area contributed by atoms with E-state index >= 15 is 0 Å². The molecule has 2 aromatic rings. The molecule has 0 spiro atoms. The third-order valence-corrected chi connectivity index (χ3v) is 7.06. The molecule has 1 saturated heterocycles. The molecule has 1 aliphatic carbocycles. The van der Waals surface area contributed by atoms with E-state index in [9.17, 15) is 18.3 Å². The molecule has 7 nitrogen and oxygen atoms in total. The van der Waals surface area contributed by atoms with Crippen LogP contribution in [0.1, 0.15) is 59.0 Å². The van der Waals surface area contributed by atoms with Gasteiger partial charge in [-0.2, -0.15) is 5.10 Å². The maximum Gasteiger partial charge on any atom is 0.336 e. The van der Waals surface area contributed by atoms with Crippen molar-refractivity contribution in [2.24, 2.45) is 0 Å². The van der Waals surface area contributed by atoms with Crippen LogP contribution in [0.2, 0.25) is 0 Å². The van der Waals surface area contributed by atoms with Gasteiger partial charge in [-0.25, -0.2) is 22.9 Å². The third kappa shape index (κ3) is 2.72. The van der Waals surface area contributed by atoms with Gasteiger partial charge in [-0.05, 0) is 44.6 Å². The average molecular weight is 363 g/mol. The summed E-state index contributed by atoms with van der Waals surface area (Å²) in [6.45, 7) is 1.78. The van der Waals surface area contributed by atoms with Crippen LogP contribution in [0.4, 0.5) is 0 Å². The molecular formula is C17H21N3O4S. The number of aromatic nitrogens is 3. The Bertz CT molecular complexity index is 978. The molecule has 0 amide bonds. The first kappa shape index (κ1) is 16.5. The first-order valence-electron chi connectivity index (χ1n) is 8.71. The molecule has 2 aromatic heterocycles. The van der Waals surface area contributed by atoms with Crippen LogP contribution >= 0.6 is 0 Å². The predicted octanol–water partition coefficient (Wildman–Crippen LogP) is 2.07. The van der Waals surface area contributed by atoms with Gasteiger partial charge in [0.1, 0.15) is 0 Å². The molecule has 0 bridgehead atoms. The summed E-state index contributed by atoms with van der Waals surface area (Å²) in [6.07, 6.45) is 5.02. The lowest BCUT2D eigenvalue weighted by Crippen LogP contribution is -2.14. The third-order valence-electron chi connectivity index (χ3n) is 5.31. The van der Waals surface area contributed by atoms with E-state index in [0.29, 0.717) is 28.7 Å². The van der Waals surface area contributed by atoms with E-state index in [1.54, 1.807) is 11.6 Å². The minimum absolute atomic E-state index is 0.0460. The van der Waals surface area contributed by atoms with Gasteiger partial charge in [0.2, 0.25) is 0 Å². The Labute approximate surface area is 146 Å². The predicted molar refractivity (Wildman–Crippen MR) is 92.8 cm³/mol. The van der Waals surface area contributed by atoms with Crippen molar-refractivity contribution in [2.45, 2.75) is 51.5 Å². The number of rotatable bonds is 2.